The van der Waals surface area contributed by atoms with Crippen LogP contribution >= 0.6 is 12.4 Å². The van der Waals surface area contributed by atoms with Crippen LogP contribution in [-0.2, 0) is 22.6 Å². The van der Waals surface area contributed by atoms with Gasteiger partial charge in [0, 0.05) is 25.7 Å². The van der Waals surface area contributed by atoms with E-state index < -0.39 is 21.8 Å². The van der Waals surface area contributed by atoms with Gasteiger partial charge in [-0.05, 0) is 50.3 Å². The molecule has 1 atom stereocenters. The molecule has 4 nitrogen and oxygen atoms in total. The third-order valence-corrected chi connectivity index (χ3v) is 6.65. The second-order valence-electron chi connectivity index (χ2n) is 7.44. The highest BCUT2D eigenvalue weighted by molar-refractivity contribution is 7.88. The maximum Gasteiger partial charge on any atom is 0.416 e. The number of benzene rings is 1. The summed E-state index contributed by atoms with van der Waals surface area (Å²) in [7, 11) is -3.13. The Morgan fingerprint density at radius 3 is 2.36 bits per heavy atom. The van der Waals surface area contributed by atoms with Crippen molar-refractivity contribution in [2.24, 2.45) is 5.92 Å². The summed E-state index contributed by atoms with van der Waals surface area (Å²) < 4.78 is 63.4. The summed E-state index contributed by atoms with van der Waals surface area (Å²) in [5.41, 5.74) is 0.0751. The number of rotatable bonds is 7. The zero-order valence-electron chi connectivity index (χ0n) is 16.6. The molecule has 0 bridgehead atoms. The first-order chi connectivity index (χ1) is 12.5. The second-order valence-corrected chi connectivity index (χ2v) is 9.43. The van der Waals surface area contributed by atoms with Gasteiger partial charge in [0.2, 0.25) is 10.0 Å². The molecule has 0 spiro atoms. The molecule has 0 aromatic heterocycles. The number of alkyl halides is 3. The number of likely N-dealkylation sites (N-methyl/N-ethyl adjacent to an activating group) is 1. The molecule has 1 aromatic rings. The van der Waals surface area contributed by atoms with Gasteiger partial charge >= 0.3 is 6.18 Å². The maximum absolute atomic E-state index is 12.9. The Bertz CT molecular complexity index is 720. The lowest BCUT2D eigenvalue weighted by Crippen LogP contribution is -2.43. The lowest BCUT2D eigenvalue weighted by Gasteiger charge is -2.36. The Morgan fingerprint density at radius 1 is 1.25 bits per heavy atom. The number of piperidine rings is 1. The van der Waals surface area contributed by atoms with Crippen LogP contribution in [0.2, 0.25) is 0 Å². The van der Waals surface area contributed by atoms with Crippen LogP contribution in [0.3, 0.4) is 0 Å². The van der Waals surface area contributed by atoms with Crippen LogP contribution in [0, 0.1) is 5.92 Å². The molecular formula is C19H30ClF3N2O2S. The first-order valence-corrected chi connectivity index (χ1v) is 11.2. The maximum atomic E-state index is 12.9. The number of hydrogen-bond donors (Lipinski definition) is 0. The quantitative estimate of drug-likeness (QED) is 0.639. The van der Waals surface area contributed by atoms with Crippen LogP contribution in [0.1, 0.15) is 37.8 Å². The van der Waals surface area contributed by atoms with Crippen LogP contribution in [0.25, 0.3) is 0 Å². The zero-order chi connectivity index (χ0) is 20.2. The standard InChI is InChI=1S/C19H29F3N2O2S.ClH/c1-4-23(14-16-8-10-24(11-9-16)27(3,25)26)15(2)12-17-6-5-7-18(13-17)19(20,21)22;/h5-7,13,15-16H,4,8-12,14H2,1-3H3;1H. The normalized spacial score (nSPS) is 18.1. The molecule has 1 aliphatic rings. The van der Waals surface area contributed by atoms with Crippen LogP contribution in [0.5, 0.6) is 0 Å². The smallest absolute Gasteiger partial charge is 0.300 e. The van der Waals surface area contributed by atoms with Crippen molar-refractivity contribution in [3.8, 4) is 0 Å². The van der Waals surface area contributed by atoms with E-state index in [1.165, 1.54) is 22.7 Å². The summed E-state index contributed by atoms with van der Waals surface area (Å²) in [5, 5.41) is 0. The Balaban J connectivity index is 0.00000392. The van der Waals surface area contributed by atoms with Crippen molar-refractivity contribution < 1.29 is 21.6 Å². The Hall–Kier alpha value is -0.830. The third-order valence-electron chi connectivity index (χ3n) is 5.35. The van der Waals surface area contributed by atoms with E-state index in [0.717, 1.165) is 32.0 Å². The number of nitrogens with zero attached hydrogens (tertiary/aromatic N) is 2. The van der Waals surface area contributed by atoms with E-state index in [9.17, 15) is 21.6 Å². The van der Waals surface area contributed by atoms with E-state index in [2.05, 4.69) is 4.90 Å². The summed E-state index contributed by atoms with van der Waals surface area (Å²) in [4.78, 5) is 2.28. The fourth-order valence-corrected chi connectivity index (χ4v) is 4.59. The van der Waals surface area contributed by atoms with Gasteiger partial charge in [-0.15, -0.1) is 12.4 Å². The van der Waals surface area contributed by atoms with Crippen LogP contribution < -0.4 is 0 Å². The van der Waals surface area contributed by atoms with Crippen LogP contribution in [0.4, 0.5) is 13.2 Å². The number of hydrogen-bond acceptors (Lipinski definition) is 3. The molecule has 1 aliphatic heterocycles. The van der Waals surface area contributed by atoms with Crippen LogP contribution in [-0.4, -0.2) is 56.1 Å². The molecule has 0 aliphatic carbocycles. The van der Waals surface area contributed by atoms with E-state index in [1.54, 1.807) is 6.07 Å². The van der Waals surface area contributed by atoms with Gasteiger partial charge in [0.15, 0.2) is 0 Å². The van der Waals surface area contributed by atoms with Gasteiger partial charge in [-0.1, -0.05) is 25.1 Å². The second kappa shape index (κ2) is 10.3. The Labute approximate surface area is 172 Å². The van der Waals surface area contributed by atoms with Crippen molar-refractivity contribution in [1.29, 1.82) is 0 Å². The van der Waals surface area contributed by atoms with Crippen molar-refractivity contribution in [2.75, 3.05) is 32.4 Å². The minimum atomic E-state index is -4.32. The largest absolute Gasteiger partial charge is 0.416 e. The van der Waals surface area contributed by atoms with Crippen LogP contribution in [0.15, 0.2) is 24.3 Å². The van der Waals surface area contributed by atoms with E-state index >= 15 is 0 Å². The minimum absolute atomic E-state index is 0. The highest BCUT2D eigenvalue weighted by Gasteiger charge is 2.31. The van der Waals surface area contributed by atoms with Gasteiger partial charge in [0.25, 0.3) is 0 Å². The monoisotopic (exact) mass is 442 g/mol. The average Bonchev–Trinajstić information content (AvgIpc) is 2.58. The summed E-state index contributed by atoms with van der Waals surface area (Å²) in [6.45, 7) is 6.83. The minimum Gasteiger partial charge on any atom is -0.300 e. The molecule has 9 heteroatoms. The van der Waals surface area contributed by atoms with Crippen molar-refractivity contribution in [1.82, 2.24) is 9.21 Å². The molecule has 0 saturated carbocycles. The van der Waals surface area contributed by atoms with E-state index in [1.807, 2.05) is 13.8 Å². The third kappa shape index (κ3) is 7.21. The number of halogens is 4. The molecule has 0 radical (unpaired) electrons. The molecule has 0 N–H and O–H groups in total. The van der Waals surface area contributed by atoms with Gasteiger partial charge < -0.3 is 4.90 Å². The molecule has 28 heavy (non-hydrogen) atoms. The highest BCUT2D eigenvalue weighted by atomic mass is 35.5. The molecule has 1 unspecified atom stereocenters. The zero-order valence-corrected chi connectivity index (χ0v) is 18.2. The van der Waals surface area contributed by atoms with Crippen molar-refractivity contribution in [2.45, 2.75) is 45.3 Å². The lowest BCUT2D eigenvalue weighted by molar-refractivity contribution is -0.137. The van der Waals surface area contributed by atoms with Gasteiger partial charge in [0.05, 0.1) is 11.8 Å². The lowest BCUT2D eigenvalue weighted by atomic mass is 9.96. The molecular weight excluding hydrogens is 413 g/mol. The van der Waals surface area contributed by atoms with Crippen molar-refractivity contribution in [3.63, 3.8) is 0 Å². The molecule has 0 amide bonds. The Kier molecular flexibility index (Phi) is 9.25. The Morgan fingerprint density at radius 2 is 1.86 bits per heavy atom. The molecule has 1 fully saturated rings. The average molecular weight is 443 g/mol. The summed E-state index contributed by atoms with van der Waals surface area (Å²) in [6.07, 6.45) is -0.889. The van der Waals surface area contributed by atoms with Gasteiger partial charge in [-0.25, -0.2) is 12.7 Å². The molecule has 1 heterocycles. The topological polar surface area (TPSA) is 40.6 Å². The molecule has 1 saturated heterocycles. The fourth-order valence-electron chi connectivity index (χ4n) is 3.72. The first kappa shape index (κ1) is 25.2. The molecule has 1 aromatic carbocycles. The van der Waals surface area contributed by atoms with Crippen molar-refractivity contribution in [3.05, 3.63) is 35.4 Å². The summed E-state index contributed by atoms with van der Waals surface area (Å²) in [6, 6.07) is 5.65. The van der Waals surface area contributed by atoms with Crippen molar-refractivity contribution >= 4 is 22.4 Å². The molecule has 2 rings (SSSR count). The first-order valence-electron chi connectivity index (χ1n) is 9.36. The SMILES string of the molecule is CCN(CC1CCN(S(C)(=O)=O)CC1)C(C)Cc1cccc(C(F)(F)F)c1.Cl. The molecule has 162 valence electrons. The summed E-state index contributed by atoms with van der Waals surface area (Å²) in [5.74, 6) is 0.409. The predicted molar refractivity (Wildman–Crippen MR) is 108 cm³/mol. The fraction of sp³-hybridized carbons (Fsp3) is 0.684. The van der Waals surface area contributed by atoms with Gasteiger partial charge in [-0.2, -0.15) is 13.2 Å². The van der Waals surface area contributed by atoms with Gasteiger partial charge in [0.1, 0.15) is 0 Å². The highest BCUT2D eigenvalue weighted by Crippen LogP contribution is 2.30. The summed E-state index contributed by atoms with van der Waals surface area (Å²) >= 11 is 0. The van der Waals surface area contributed by atoms with Gasteiger partial charge in [-0.3, -0.25) is 0 Å². The van der Waals surface area contributed by atoms with E-state index in [0.29, 0.717) is 31.0 Å². The van der Waals surface area contributed by atoms with E-state index in [-0.39, 0.29) is 18.4 Å². The van der Waals surface area contributed by atoms with E-state index in [4.69, 9.17) is 0 Å². The predicted octanol–water partition coefficient (Wildman–Crippen LogP) is 4.05. The number of sulfonamides is 1.